The van der Waals surface area contributed by atoms with Crippen molar-refractivity contribution in [2.24, 2.45) is 0 Å². The van der Waals surface area contributed by atoms with Crippen molar-refractivity contribution in [3.63, 3.8) is 0 Å². The topological polar surface area (TPSA) is 78.3 Å². The molecule has 3 rings (SSSR count). The highest BCUT2D eigenvalue weighted by Crippen LogP contribution is 2.11. The van der Waals surface area contributed by atoms with Gasteiger partial charge < -0.3 is 4.74 Å². The summed E-state index contributed by atoms with van der Waals surface area (Å²) < 4.78 is 33.0. The third-order valence-corrected chi connectivity index (χ3v) is 3.86. The van der Waals surface area contributed by atoms with Crippen molar-refractivity contribution in [3.05, 3.63) is 93.4 Å². The number of ketones is 1. The van der Waals surface area contributed by atoms with E-state index in [2.05, 4.69) is 5.10 Å². The predicted octanol–water partition coefficient (Wildman–Crippen LogP) is 2.86. The van der Waals surface area contributed by atoms with Crippen LogP contribution in [0.1, 0.15) is 26.5 Å². The maximum Gasteiger partial charge on any atom is 0.363 e. The van der Waals surface area contributed by atoms with Crippen molar-refractivity contribution in [1.29, 1.82) is 0 Å². The molecule has 0 N–H and O–H groups in total. The minimum absolute atomic E-state index is 0.491. The first kappa shape index (κ1) is 19.1. The number of carbonyl (C=O) groups excluding carboxylic acids is 2. The fraction of sp³-hybridized carbons (Fsp3) is 0.100. The van der Waals surface area contributed by atoms with E-state index in [0.29, 0.717) is 17.4 Å². The summed E-state index contributed by atoms with van der Waals surface area (Å²) in [5.41, 5.74) is -0.648. The van der Waals surface area contributed by atoms with E-state index in [4.69, 9.17) is 4.74 Å². The van der Waals surface area contributed by atoms with Crippen molar-refractivity contribution in [3.8, 4) is 5.69 Å². The van der Waals surface area contributed by atoms with Gasteiger partial charge in [0.25, 0.3) is 0 Å². The van der Waals surface area contributed by atoms with E-state index >= 15 is 0 Å². The Morgan fingerprint density at radius 2 is 1.79 bits per heavy atom. The number of ether oxygens (including phenoxy) is 1. The zero-order valence-electron chi connectivity index (χ0n) is 14.7. The Kier molecular flexibility index (Phi) is 5.39. The van der Waals surface area contributed by atoms with Crippen LogP contribution in [0.2, 0.25) is 0 Å². The van der Waals surface area contributed by atoms with Crippen molar-refractivity contribution < 1.29 is 23.1 Å². The highest BCUT2D eigenvalue weighted by molar-refractivity contribution is 5.99. The van der Waals surface area contributed by atoms with Gasteiger partial charge in [0, 0.05) is 11.8 Å². The number of para-hydroxylation sites is 1. The maximum absolute atomic E-state index is 13.6. The summed E-state index contributed by atoms with van der Waals surface area (Å²) in [6.45, 7) is 0.784. The Bertz CT molecular complexity index is 1110. The summed E-state index contributed by atoms with van der Waals surface area (Å²) in [5.74, 6) is -3.83. The standard InChI is InChI=1S/C20H14F2N2O4/c1-12-9-17(25)19(23-24(12)14-5-3-2-4-6-14)20(27)28-11-18(26)15-10-13(21)7-8-16(15)22/h2-10H,11H2,1H3. The smallest absolute Gasteiger partial charge is 0.363 e. The van der Waals surface area contributed by atoms with Gasteiger partial charge in [0.2, 0.25) is 16.9 Å². The molecular formula is C20H14F2N2O4. The molecular weight excluding hydrogens is 370 g/mol. The van der Waals surface area contributed by atoms with Gasteiger partial charge in [-0.15, -0.1) is 0 Å². The van der Waals surface area contributed by atoms with Crippen molar-refractivity contribution in [1.82, 2.24) is 9.78 Å². The summed E-state index contributed by atoms with van der Waals surface area (Å²) in [5, 5.41) is 4.01. The molecule has 2 aromatic carbocycles. The largest absolute Gasteiger partial charge is 0.452 e. The van der Waals surface area contributed by atoms with Crippen LogP contribution in [0.5, 0.6) is 0 Å². The fourth-order valence-electron chi connectivity index (χ4n) is 2.51. The van der Waals surface area contributed by atoms with Gasteiger partial charge in [0.1, 0.15) is 11.6 Å². The van der Waals surface area contributed by atoms with Gasteiger partial charge in [-0.25, -0.2) is 18.3 Å². The zero-order chi connectivity index (χ0) is 20.3. The Balaban J connectivity index is 1.82. The molecule has 6 nitrogen and oxygen atoms in total. The number of carbonyl (C=O) groups is 2. The SMILES string of the molecule is Cc1cc(=O)c(C(=O)OCC(=O)c2cc(F)ccc2F)nn1-c1ccccc1. The lowest BCUT2D eigenvalue weighted by Crippen LogP contribution is -2.26. The van der Waals surface area contributed by atoms with Crippen LogP contribution in [0, 0.1) is 18.6 Å². The van der Waals surface area contributed by atoms with E-state index in [1.807, 2.05) is 0 Å². The average Bonchev–Trinajstić information content (AvgIpc) is 2.68. The molecule has 28 heavy (non-hydrogen) atoms. The number of hydrogen-bond donors (Lipinski definition) is 0. The molecule has 1 heterocycles. The van der Waals surface area contributed by atoms with E-state index in [1.54, 1.807) is 37.3 Å². The van der Waals surface area contributed by atoms with Gasteiger partial charge in [-0.1, -0.05) is 18.2 Å². The van der Waals surface area contributed by atoms with Crippen LogP contribution in [-0.4, -0.2) is 28.1 Å². The molecule has 8 heteroatoms. The first-order valence-corrected chi connectivity index (χ1v) is 8.18. The van der Waals surface area contributed by atoms with Gasteiger partial charge in [-0.05, 0) is 37.3 Å². The minimum Gasteiger partial charge on any atom is -0.452 e. The molecule has 3 aromatic rings. The summed E-state index contributed by atoms with van der Waals surface area (Å²) in [7, 11) is 0. The first-order valence-electron chi connectivity index (χ1n) is 8.18. The van der Waals surface area contributed by atoms with E-state index in [1.165, 1.54) is 10.7 Å². The maximum atomic E-state index is 13.6. The molecule has 1 aromatic heterocycles. The molecule has 0 unspecified atom stereocenters. The lowest BCUT2D eigenvalue weighted by atomic mass is 10.1. The number of Topliss-reactive ketones (excluding diaryl/α,β-unsaturated/α-hetero) is 1. The van der Waals surface area contributed by atoms with Gasteiger partial charge in [0.15, 0.2) is 6.61 Å². The van der Waals surface area contributed by atoms with Gasteiger partial charge in [-0.2, -0.15) is 5.10 Å². The lowest BCUT2D eigenvalue weighted by molar-refractivity contribution is 0.0464. The number of halogens is 2. The van der Waals surface area contributed by atoms with Crippen LogP contribution < -0.4 is 5.43 Å². The average molecular weight is 384 g/mol. The summed E-state index contributed by atoms with van der Waals surface area (Å²) >= 11 is 0. The number of hydrogen-bond acceptors (Lipinski definition) is 5. The van der Waals surface area contributed by atoms with Gasteiger partial charge in [0.05, 0.1) is 11.3 Å². The second-order valence-corrected chi connectivity index (χ2v) is 5.87. The van der Waals surface area contributed by atoms with Crippen molar-refractivity contribution in [2.75, 3.05) is 6.61 Å². The van der Waals surface area contributed by atoms with E-state index in [0.717, 1.165) is 12.1 Å². The van der Waals surface area contributed by atoms with Crippen LogP contribution in [0.4, 0.5) is 8.78 Å². The Labute approximate surface area is 158 Å². The molecule has 0 radical (unpaired) electrons. The van der Waals surface area contributed by atoms with E-state index < -0.39 is 46.7 Å². The zero-order valence-corrected chi connectivity index (χ0v) is 14.7. The minimum atomic E-state index is -1.14. The second-order valence-electron chi connectivity index (χ2n) is 5.87. The fourth-order valence-corrected chi connectivity index (χ4v) is 2.51. The number of rotatable bonds is 5. The number of nitrogens with zero attached hydrogens (tertiary/aromatic N) is 2. The molecule has 0 fully saturated rings. The quantitative estimate of drug-likeness (QED) is 0.499. The molecule has 0 spiro atoms. The Morgan fingerprint density at radius 1 is 1.07 bits per heavy atom. The van der Waals surface area contributed by atoms with Crippen LogP contribution in [-0.2, 0) is 4.74 Å². The van der Waals surface area contributed by atoms with Crippen LogP contribution in [0.3, 0.4) is 0 Å². The van der Waals surface area contributed by atoms with Gasteiger partial charge >= 0.3 is 5.97 Å². The number of aryl methyl sites for hydroxylation is 1. The van der Waals surface area contributed by atoms with Gasteiger partial charge in [-0.3, -0.25) is 9.59 Å². The molecule has 0 saturated carbocycles. The summed E-state index contributed by atoms with van der Waals surface area (Å²) in [4.78, 5) is 36.3. The number of benzene rings is 2. The molecule has 0 bridgehead atoms. The summed E-state index contributed by atoms with van der Waals surface area (Å²) in [6, 6.07) is 12.4. The van der Waals surface area contributed by atoms with Crippen LogP contribution >= 0.6 is 0 Å². The van der Waals surface area contributed by atoms with Crippen LogP contribution in [0.25, 0.3) is 5.69 Å². The Hall–Kier alpha value is -3.68. The van der Waals surface area contributed by atoms with Crippen molar-refractivity contribution in [2.45, 2.75) is 6.92 Å². The molecule has 0 aliphatic rings. The normalized spacial score (nSPS) is 10.5. The molecule has 0 amide bonds. The molecule has 0 saturated heterocycles. The van der Waals surface area contributed by atoms with E-state index in [-0.39, 0.29) is 0 Å². The third-order valence-electron chi connectivity index (χ3n) is 3.86. The van der Waals surface area contributed by atoms with Crippen LogP contribution in [0.15, 0.2) is 59.4 Å². The van der Waals surface area contributed by atoms with Crippen molar-refractivity contribution >= 4 is 11.8 Å². The van der Waals surface area contributed by atoms with E-state index in [9.17, 15) is 23.2 Å². The highest BCUT2D eigenvalue weighted by Gasteiger charge is 2.20. The third kappa shape index (κ3) is 4.01. The highest BCUT2D eigenvalue weighted by atomic mass is 19.1. The number of esters is 1. The predicted molar refractivity (Wildman–Crippen MR) is 95.5 cm³/mol. The second kappa shape index (κ2) is 7.91. The lowest BCUT2D eigenvalue weighted by Gasteiger charge is -2.11. The summed E-state index contributed by atoms with van der Waals surface area (Å²) in [6.07, 6.45) is 0. The molecule has 142 valence electrons. The number of aromatic nitrogens is 2. The monoisotopic (exact) mass is 384 g/mol. The first-order chi connectivity index (χ1) is 13.4. The molecule has 0 aliphatic heterocycles. The molecule has 0 aliphatic carbocycles. The molecule has 0 atom stereocenters. The Morgan fingerprint density at radius 3 is 2.50 bits per heavy atom.